The van der Waals surface area contributed by atoms with Crippen LogP contribution in [0.15, 0.2) is 55.1 Å². The Morgan fingerprint density at radius 3 is 2.50 bits per heavy atom. The van der Waals surface area contributed by atoms with Crippen LogP contribution in [0.1, 0.15) is 18.1 Å². The van der Waals surface area contributed by atoms with Gasteiger partial charge in [-0.1, -0.05) is 30.4 Å². The minimum atomic E-state index is 0.230. The molecule has 0 fully saturated rings. The Morgan fingerprint density at radius 1 is 1.05 bits per heavy atom. The molecule has 20 heavy (non-hydrogen) atoms. The van der Waals surface area contributed by atoms with Gasteiger partial charge in [-0.05, 0) is 54.3 Å². The van der Waals surface area contributed by atoms with Gasteiger partial charge in [0.15, 0.2) is 0 Å². The summed E-state index contributed by atoms with van der Waals surface area (Å²) < 4.78 is 0. The van der Waals surface area contributed by atoms with Crippen LogP contribution >= 0.6 is 0 Å². The average molecular weight is 266 g/mol. The molecule has 0 aromatic heterocycles. The van der Waals surface area contributed by atoms with E-state index < -0.39 is 0 Å². The molecule has 0 aliphatic rings. The Bertz CT molecular complexity index is 654. The van der Waals surface area contributed by atoms with E-state index in [-0.39, 0.29) is 11.5 Å². The van der Waals surface area contributed by atoms with Crippen molar-refractivity contribution >= 4 is 6.08 Å². The molecule has 2 rings (SSSR count). The molecule has 0 saturated heterocycles. The summed E-state index contributed by atoms with van der Waals surface area (Å²) in [4.78, 5) is 0. The van der Waals surface area contributed by atoms with Crippen LogP contribution in [0, 0.1) is 0 Å². The van der Waals surface area contributed by atoms with Crippen molar-refractivity contribution in [1.29, 1.82) is 0 Å². The molecule has 0 atom stereocenters. The van der Waals surface area contributed by atoms with Crippen molar-refractivity contribution in [3.63, 3.8) is 0 Å². The SMILES string of the molecule is C=CCc1cc(-c2cc(/C=C/C)ccc2O)ccc1O. The van der Waals surface area contributed by atoms with Gasteiger partial charge in [0.25, 0.3) is 0 Å². The third kappa shape index (κ3) is 2.91. The number of hydrogen-bond donors (Lipinski definition) is 2. The fraction of sp³-hybridized carbons (Fsp3) is 0.111. The van der Waals surface area contributed by atoms with Crippen LogP contribution in [0.2, 0.25) is 0 Å². The maximum Gasteiger partial charge on any atom is 0.123 e. The van der Waals surface area contributed by atoms with Crippen LogP contribution < -0.4 is 0 Å². The van der Waals surface area contributed by atoms with Crippen LogP contribution in [0.3, 0.4) is 0 Å². The molecule has 0 amide bonds. The van der Waals surface area contributed by atoms with Gasteiger partial charge in [0.2, 0.25) is 0 Å². The summed E-state index contributed by atoms with van der Waals surface area (Å²) in [6, 6.07) is 10.8. The molecule has 0 saturated carbocycles. The van der Waals surface area contributed by atoms with Gasteiger partial charge in [-0.15, -0.1) is 6.58 Å². The third-order valence-electron chi connectivity index (χ3n) is 3.13. The van der Waals surface area contributed by atoms with E-state index in [2.05, 4.69) is 6.58 Å². The minimum Gasteiger partial charge on any atom is -0.508 e. The standard InChI is InChI=1S/C18H18O2/c1-3-5-13-7-9-18(20)16(11-13)14-8-10-17(19)15(12-14)6-4-2/h3-5,7-12,19-20H,2,6H2,1H3/b5-3+. The number of allylic oxidation sites excluding steroid dienone is 2. The molecule has 0 radical (unpaired) electrons. The predicted octanol–water partition coefficient (Wildman–Crippen LogP) is 4.53. The molecule has 2 aromatic rings. The first-order valence-corrected chi connectivity index (χ1v) is 6.54. The largest absolute Gasteiger partial charge is 0.508 e. The minimum absolute atomic E-state index is 0.230. The zero-order valence-corrected chi connectivity index (χ0v) is 11.5. The van der Waals surface area contributed by atoms with Gasteiger partial charge < -0.3 is 10.2 Å². The molecule has 0 aliphatic heterocycles. The number of hydrogen-bond acceptors (Lipinski definition) is 2. The van der Waals surface area contributed by atoms with E-state index in [1.54, 1.807) is 24.3 Å². The highest BCUT2D eigenvalue weighted by atomic mass is 16.3. The molecule has 2 nitrogen and oxygen atoms in total. The average Bonchev–Trinajstić information content (AvgIpc) is 2.44. The first kappa shape index (κ1) is 13.9. The molecule has 0 aliphatic carbocycles. The lowest BCUT2D eigenvalue weighted by atomic mass is 9.98. The van der Waals surface area contributed by atoms with Crippen LogP contribution in [0.5, 0.6) is 11.5 Å². The van der Waals surface area contributed by atoms with Gasteiger partial charge in [0.05, 0.1) is 0 Å². The van der Waals surface area contributed by atoms with Crippen molar-refractivity contribution in [1.82, 2.24) is 0 Å². The van der Waals surface area contributed by atoms with E-state index in [1.165, 1.54) is 0 Å². The number of aromatic hydroxyl groups is 2. The molecule has 102 valence electrons. The molecule has 2 aromatic carbocycles. The summed E-state index contributed by atoms with van der Waals surface area (Å²) in [6.45, 7) is 5.64. The van der Waals surface area contributed by atoms with Crippen LogP contribution in [0.25, 0.3) is 17.2 Å². The van der Waals surface area contributed by atoms with E-state index in [0.717, 1.165) is 22.3 Å². The Morgan fingerprint density at radius 2 is 1.80 bits per heavy atom. The van der Waals surface area contributed by atoms with Crippen molar-refractivity contribution in [2.75, 3.05) is 0 Å². The monoisotopic (exact) mass is 266 g/mol. The van der Waals surface area contributed by atoms with Crippen molar-refractivity contribution in [2.24, 2.45) is 0 Å². The number of phenols is 2. The molecule has 0 unspecified atom stereocenters. The van der Waals surface area contributed by atoms with E-state index in [4.69, 9.17) is 0 Å². The third-order valence-corrected chi connectivity index (χ3v) is 3.13. The molecule has 2 N–H and O–H groups in total. The second-order valence-electron chi connectivity index (χ2n) is 4.61. The zero-order chi connectivity index (χ0) is 14.5. The maximum atomic E-state index is 10.0. The molecule has 0 heterocycles. The summed E-state index contributed by atoms with van der Waals surface area (Å²) in [5, 5.41) is 19.8. The predicted molar refractivity (Wildman–Crippen MR) is 83.8 cm³/mol. The fourth-order valence-corrected chi connectivity index (χ4v) is 2.15. The Hall–Kier alpha value is -2.48. The first-order chi connectivity index (χ1) is 9.65. The van der Waals surface area contributed by atoms with Gasteiger partial charge in [0, 0.05) is 5.56 Å². The van der Waals surface area contributed by atoms with Crippen LogP contribution in [-0.2, 0) is 6.42 Å². The molecule has 2 heteroatoms. The quantitative estimate of drug-likeness (QED) is 0.798. The lowest BCUT2D eigenvalue weighted by Crippen LogP contribution is -1.86. The fourth-order valence-electron chi connectivity index (χ4n) is 2.15. The van der Waals surface area contributed by atoms with Gasteiger partial charge >= 0.3 is 0 Å². The van der Waals surface area contributed by atoms with Crippen molar-refractivity contribution in [2.45, 2.75) is 13.3 Å². The summed E-state index contributed by atoms with van der Waals surface area (Å²) >= 11 is 0. The Labute approximate surface area is 119 Å². The molecular weight excluding hydrogens is 248 g/mol. The Balaban J connectivity index is 2.52. The topological polar surface area (TPSA) is 40.5 Å². The highest BCUT2D eigenvalue weighted by Crippen LogP contribution is 2.33. The van der Waals surface area contributed by atoms with Crippen LogP contribution in [0.4, 0.5) is 0 Å². The Kier molecular flexibility index (Phi) is 4.26. The summed E-state index contributed by atoms with van der Waals surface area (Å²) in [7, 11) is 0. The molecular formula is C18H18O2. The summed E-state index contributed by atoms with van der Waals surface area (Å²) in [5.41, 5.74) is 3.46. The van der Waals surface area contributed by atoms with Crippen molar-refractivity contribution in [3.8, 4) is 22.6 Å². The van der Waals surface area contributed by atoms with E-state index >= 15 is 0 Å². The number of benzene rings is 2. The zero-order valence-electron chi connectivity index (χ0n) is 11.5. The highest BCUT2D eigenvalue weighted by Gasteiger charge is 2.08. The second kappa shape index (κ2) is 6.11. The molecule has 0 bridgehead atoms. The van der Waals surface area contributed by atoms with E-state index in [1.807, 2.05) is 37.3 Å². The van der Waals surface area contributed by atoms with Gasteiger partial charge in [-0.2, -0.15) is 0 Å². The highest BCUT2D eigenvalue weighted by molar-refractivity contribution is 5.74. The lowest BCUT2D eigenvalue weighted by molar-refractivity contribution is 0.469. The van der Waals surface area contributed by atoms with E-state index in [0.29, 0.717) is 6.42 Å². The summed E-state index contributed by atoms with van der Waals surface area (Å²) in [6.07, 6.45) is 6.27. The van der Waals surface area contributed by atoms with Crippen molar-refractivity contribution < 1.29 is 10.2 Å². The second-order valence-corrected chi connectivity index (χ2v) is 4.61. The number of rotatable bonds is 4. The van der Waals surface area contributed by atoms with Gasteiger partial charge in [-0.25, -0.2) is 0 Å². The normalized spacial score (nSPS) is 10.8. The first-order valence-electron chi connectivity index (χ1n) is 6.54. The van der Waals surface area contributed by atoms with Crippen LogP contribution in [-0.4, -0.2) is 10.2 Å². The van der Waals surface area contributed by atoms with E-state index in [9.17, 15) is 10.2 Å². The number of phenolic OH excluding ortho intramolecular Hbond substituents is 2. The lowest BCUT2D eigenvalue weighted by Gasteiger charge is -2.09. The smallest absolute Gasteiger partial charge is 0.123 e. The molecule has 0 spiro atoms. The summed E-state index contributed by atoms with van der Waals surface area (Å²) in [5.74, 6) is 0.478. The maximum absolute atomic E-state index is 10.0. The van der Waals surface area contributed by atoms with Gasteiger partial charge in [-0.3, -0.25) is 0 Å². The van der Waals surface area contributed by atoms with Gasteiger partial charge in [0.1, 0.15) is 11.5 Å². The van der Waals surface area contributed by atoms with Crippen molar-refractivity contribution in [3.05, 3.63) is 66.3 Å².